The molecule has 0 aromatic heterocycles. The van der Waals surface area contributed by atoms with Crippen molar-refractivity contribution in [1.29, 1.82) is 5.26 Å². The van der Waals surface area contributed by atoms with Crippen LogP contribution in [0.2, 0.25) is 0 Å². The van der Waals surface area contributed by atoms with E-state index in [1.807, 2.05) is 25.2 Å². The van der Waals surface area contributed by atoms with Crippen LogP contribution in [0.3, 0.4) is 0 Å². The molecule has 0 unspecified atom stereocenters. The highest BCUT2D eigenvalue weighted by Gasteiger charge is 2.20. The Labute approximate surface area is 139 Å². The third kappa shape index (κ3) is 4.67. The average molecular weight is 311 g/mol. The van der Waals surface area contributed by atoms with E-state index in [1.54, 1.807) is 0 Å². The van der Waals surface area contributed by atoms with Crippen molar-refractivity contribution in [3.05, 3.63) is 47.1 Å². The van der Waals surface area contributed by atoms with Gasteiger partial charge in [0.15, 0.2) is 0 Å². The van der Waals surface area contributed by atoms with E-state index in [9.17, 15) is 0 Å². The summed E-state index contributed by atoms with van der Waals surface area (Å²) in [6.07, 6.45) is 12.8. The molecule has 1 aliphatic heterocycles. The van der Waals surface area contributed by atoms with Gasteiger partial charge in [0.05, 0.1) is 0 Å². The van der Waals surface area contributed by atoms with Crippen molar-refractivity contribution in [2.24, 2.45) is 10.9 Å². The smallest absolute Gasteiger partial charge is 0.147 e. The first-order chi connectivity index (χ1) is 11.0. The van der Waals surface area contributed by atoms with Crippen molar-refractivity contribution >= 4 is 6.72 Å². The van der Waals surface area contributed by atoms with E-state index >= 15 is 0 Å². The van der Waals surface area contributed by atoms with E-state index < -0.39 is 0 Å². The van der Waals surface area contributed by atoms with Crippen LogP contribution in [0.25, 0.3) is 0 Å². The third-order valence-electron chi connectivity index (χ3n) is 4.48. The number of allylic oxidation sites excluding steroid dienone is 7. The maximum atomic E-state index is 9.09. The van der Waals surface area contributed by atoms with Crippen molar-refractivity contribution < 1.29 is 4.74 Å². The summed E-state index contributed by atoms with van der Waals surface area (Å²) >= 11 is 0. The Morgan fingerprint density at radius 1 is 1.35 bits per heavy atom. The summed E-state index contributed by atoms with van der Waals surface area (Å²) in [5.74, 6) is 2.11. The summed E-state index contributed by atoms with van der Waals surface area (Å²) in [4.78, 5) is 6.09. The van der Waals surface area contributed by atoms with Crippen LogP contribution >= 0.6 is 0 Å². The van der Waals surface area contributed by atoms with Gasteiger partial charge in [0.25, 0.3) is 0 Å². The molecule has 2 rings (SSSR count). The molecule has 0 amide bonds. The summed E-state index contributed by atoms with van der Waals surface area (Å²) in [5, 5.41) is 9.09. The second-order valence-corrected chi connectivity index (χ2v) is 6.37. The Morgan fingerprint density at radius 3 is 2.61 bits per heavy atom. The molecule has 1 fully saturated rings. The molecule has 0 N–H and O–H groups in total. The predicted octanol–water partition coefficient (Wildman–Crippen LogP) is 3.96. The molecule has 0 aromatic rings. The molecule has 23 heavy (non-hydrogen) atoms. The minimum absolute atomic E-state index is 0.324. The van der Waals surface area contributed by atoms with Gasteiger partial charge in [-0.05, 0) is 77.6 Å². The number of nitrogens with zero attached hydrogens (tertiary/aromatic N) is 3. The first-order valence-corrected chi connectivity index (χ1v) is 8.07. The monoisotopic (exact) mass is 311 g/mol. The van der Waals surface area contributed by atoms with Gasteiger partial charge in [0.2, 0.25) is 0 Å². The van der Waals surface area contributed by atoms with Crippen molar-refractivity contribution in [1.82, 2.24) is 4.90 Å². The van der Waals surface area contributed by atoms with Crippen LogP contribution in [0.15, 0.2) is 52.1 Å². The number of aliphatic imine (C=N–C) groups is 1. The van der Waals surface area contributed by atoms with Crippen LogP contribution in [0.4, 0.5) is 0 Å². The summed E-state index contributed by atoms with van der Waals surface area (Å²) in [5.41, 5.74) is 1.08. The molecule has 0 spiro atoms. The molecule has 122 valence electrons. The number of ether oxygens (including phenoxy) is 1. The molecular weight excluding hydrogens is 286 g/mol. The fourth-order valence-electron chi connectivity index (χ4n) is 3.11. The quantitative estimate of drug-likeness (QED) is 0.583. The first kappa shape index (κ1) is 17.2. The van der Waals surface area contributed by atoms with Crippen LogP contribution in [0.1, 0.15) is 32.6 Å². The lowest BCUT2D eigenvalue weighted by Crippen LogP contribution is -2.31. The fourth-order valence-corrected chi connectivity index (χ4v) is 3.11. The molecule has 4 nitrogen and oxygen atoms in total. The van der Waals surface area contributed by atoms with E-state index in [0.29, 0.717) is 17.7 Å². The molecule has 0 atom stereocenters. The highest BCUT2D eigenvalue weighted by atomic mass is 16.5. The number of hydrogen-bond acceptors (Lipinski definition) is 4. The van der Waals surface area contributed by atoms with Gasteiger partial charge in [-0.25, -0.2) is 0 Å². The molecule has 2 aliphatic rings. The molecule has 1 heterocycles. The highest BCUT2D eigenvalue weighted by Crippen LogP contribution is 2.29. The van der Waals surface area contributed by atoms with E-state index in [2.05, 4.69) is 42.9 Å². The molecule has 0 aromatic carbocycles. The largest absolute Gasteiger partial charge is 0.462 e. The molecule has 1 aliphatic carbocycles. The lowest BCUT2D eigenvalue weighted by Gasteiger charge is -2.31. The van der Waals surface area contributed by atoms with Crippen LogP contribution in [-0.2, 0) is 4.74 Å². The summed E-state index contributed by atoms with van der Waals surface area (Å²) < 4.78 is 5.73. The van der Waals surface area contributed by atoms with Gasteiger partial charge in [-0.1, -0.05) is 6.08 Å². The van der Waals surface area contributed by atoms with E-state index in [1.165, 1.54) is 25.7 Å². The predicted molar refractivity (Wildman–Crippen MR) is 93.7 cm³/mol. The van der Waals surface area contributed by atoms with Crippen molar-refractivity contribution in [2.45, 2.75) is 38.6 Å². The van der Waals surface area contributed by atoms with Crippen molar-refractivity contribution in [3.8, 4) is 6.07 Å². The summed E-state index contributed by atoms with van der Waals surface area (Å²) in [6, 6.07) is 2.77. The zero-order valence-corrected chi connectivity index (χ0v) is 14.2. The summed E-state index contributed by atoms with van der Waals surface area (Å²) in [7, 11) is 4.32. The van der Waals surface area contributed by atoms with Crippen LogP contribution in [-0.4, -0.2) is 31.8 Å². The lowest BCUT2D eigenvalue weighted by atomic mass is 9.85. The standard InChI is InChI=1S/C19H25N3O/c1-14-11-16(19(13-20)21-2)12-18(23-14)10-7-15-5-8-17(9-6-15)22(3)4/h7,10-12,15,17H,2,5-6,8-9H2,1,3-4H3/b10-7+,19-16+. The third-order valence-corrected chi connectivity index (χ3v) is 4.48. The summed E-state index contributed by atoms with van der Waals surface area (Å²) in [6.45, 7) is 5.32. The normalized spacial score (nSPS) is 27.1. The second-order valence-electron chi connectivity index (χ2n) is 6.37. The topological polar surface area (TPSA) is 48.6 Å². The van der Waals surface area contributed by atoms with Crippen molar-refractivity contribution in [3.63, 3.8) is 0 Å². The van der Waals surface area contributed by atoms with Crippen LogP contribution in [0.5, 0.6) is 0 Å². The van der Waals surface area contributed by atoms with E-state index in [0.717, 1.165) is 17.1 Å². The fraction of sp³-hybridized carbons (Fsp3) is 0.474. The molecule has 0 saturated heterocycles. The molecular formula is C19H25N3O. The van der Waals surface area contributed by atoms with Gasteiger partial charge in [0, 0.05) is 11.6 Å². The Morgan fingerprint density at radius 2 is 2.04 bits per heavy atom. The van der Waals surface area contributed by atoms with Gasteiger partial charge in [-0.2, -0.15) is 5.26 Å². The lowest BCUT2D eigenvalue weighted by molar-refractivity contribution is 0.209. The molecule has 1 saturated carbocycles. The molecule has 4 heteroatoms. The minimum Gasteiger partial charge on any atom is -0.462 e. The van der Waals surface area contributed by atoms with E-state index in [-0.39, 0.29) is 0 Å². The number of rotatable bonds is 4. The highest BCUT2D eigenvalue weighted by molar-refractivity contribution is 5.49. The van der Waals surface area contributed by atoms with Crippen molar-refractivity contribution in [2.75, 3.05) is 14.1 Å². The molecule has 0 bridgehead atoms. The maximum absolute atomic E-state index is 9.09. The van der Waals surface area contributed by atoms with Crippen LogP contribution < -0.4 is 0 Å². The van der Waals surface area contributed by atoms with Gasteiger partial charge >= 0.3 is 0 Å². The number of nitriles is 1. The van der Waals surface area contributed by atoms with Crippen LogP contribution in [0, 0.1) is 17.2 Å². The zero-order valence-electron chi connectivity index (χ0n) is 14.2. The average Bonchev–Trinajstić information content (AvgIpc) is 2.54. The minimum atomic E-state index is 0.324. The Balaban J connectivity index is 2.04. The zero-order chi connectivity index (χ0) is 16.8. The van der Waals surface area contributed by atoms with Gasteiger partial charge in [-0.3, -0.25) is 4.99 Å². The Bertz CT molecular complexity index is 609. The van der Waals surface area contributed by atoms with E-state index in [4.69, 9.17) is 10.00 Å². The SMILES string of the molecule is C=N/C(C#N)=C1\C=C(C)OC(/C=C/C2CCC(N(C)C)CC2)=C1. The van der Waals surface area contributed by atoms with Gasteiger partial charge in [0.1, 0.15) is 23.3 Å². The second kappa shape index (κ2) is 7.94. The number of hydrogen-bond donors (Lipinski definition) is 0. The van der Waals surface area contributed by atoms with Gasteiger partial charge < -0.3 is 9.64 Å². The Kier molecular flexibility index (Phi) is 5.95. The molecule has 0 radical (unpaired) electrons. The Hall–Kier alpha value is -2.12. The maximum Gasteiger partial charge on any atom is 0.147 e. The first-order valence-electron chi connectivity index (χ1n) is 8.07. The van der Waals surface area contributed by atoms with Gasteiger partial charge in [-0.15, -0.1) is 0 Å².